The standard InChI is InChI=1S/C27H18F4N6O3/c28-20-4-1-3-18(13-20)23-10-12-34-37(23)26(39)35-21-8-6-19(16-40-25(38)27(29,30)31)17(14-21)7-9-22-15-32-24-5-2-11-33-36(22)24/h1-6,8,11-15,23H,10,16H2,(H,35,39)/t23-/m1/s1. The number of hydrogen-bond donors (Lipinski definition) is 1. The van der Waals surface area contributed by atoms with Gasteiger partial charge in [-0.15, -0.1) is 0 Å². The van der Waals surface area contributed by atoms with Crippen molar-refractivity contribution in [2.45, 2.75) is 25.2 Å². The van der Waals surface area contributed by atoms with Gasteiger partial charge in [-0.2, -0.15) is 23.4 Å². The number of alkyl halides is 3. The zero-order valence-corrected chi connectivity index (χ0v) is 20.4. The lowest BCUT2D eigenvalue weighted by atomic mass is 10.0. The van der Waals surface area contributed by atoms with Crippen molar-refractivity contribution in [1.82, 2.24) is 19.6 Å². The predicted octanol–water partition coefficient (Wildman–Crippen LogP) is 4.84. The Balaban J connectivity index is 1.41. The molecular formula is C27H18F4N6O3. The van der Waals surface area contributed by atoms with E-state index in [0.717, 1.165) is 0 Å². The average Bonchev–Trinajstić information content (AvgIpc) is 3.58. The number of carbonyl (C=O) groups excluding carboxylic acids is 2. The first-order valence-corrected chi connectivity index (χ1v) is 11.7. The number of benzene rings is 2. The first-order chi connectivity index (χ1) is 19.2. The van der Waals surface area contributed by atoms with E-state index >= 15 is 0 Å². The number of amides is 2. The normalized spacial score (nSPS) is 14.6. The van der Waals surface area contributed by atoms with Crippen molar-refractivity contribution >= 4 is 29.5 Å². The Kier molecular flexibility index (Phi) is 7.15. The highest BCUT2D eigenvalue weighted by Gasteiger charge is 2.41. The second-order valence-electron chi connectivity index (χ2n) is 8.51. The number of hydrazone groups is 1. The molecule has 202 valence electrons. The van der Waals surface area contributed by atoms with Crippen molar-refractivity contribution in [1.29, 1.82) is 0 Å². The Hall–Kier alpha value is -5.25. The van der Waals surface area contributed by atoms with Crippen molar-refractivity contribution in [3.63, 3.8) is 0 Å². The van der Waals surface area contributed by atoms with Crippen LogP contribution in [0.25, 0.3) is 5.65 Å². The van der Waals surface area contributed by atoms with E-state index < -0.39 is 36.6 Å². The Bertz CT molecular complexity index is 1690. The molecule has 13 heteroatoms. The Morgan fingerprint density at radius 3 is 2.75 bits per heavy atom. The van der Waals surface area contributed by atoms with E-state index in [0.29, 0.717) is 23.3 Å². The third-order valence-electron chi connectivity index (χ3n) is 5.83. The number of fused-ring (bicyclic) bond motifs is 1. The Morgan fingerprint density at radius 2 is 1.95 bits per heavy atom. The molecule has 2 aromatic heterocycles. The largest absolute Gasteiger partial charge is 0.490 e. The number of aromatic nitrogens is 3. The molecule has 40 heavy (non-hydrogen) atoms. The number of nitrogens with zero attached hydrogens (tertiary/aromatic N) is 5. The monoisotopic (exact) mass is 550 g/mol. The zero-order chi connectivity index (χ0) is 28.3. The summed E-state index contributed by atoms with van der Waals surface area (Å²) in [7, 11) is 0. The summed E-state index contributed by atoms with van der Waals surface area (Å²) >= 11 is 0. The van der Waals surface area contributed by atoms with Crippen LogP contribution in [0, 0.1) is 17.7 Å². The summed E-state index contributed by atoms with van der Waals surface area (Å²) in [4.78, 5) is 28.5. The molecule has 4 aromatic rings. The molecule has 0 spiro atoms. The molecule has 5 rings (SSSR count). The molecule has 0 bridgehead atoms. The van der Waals surface area contributed by atoms with Crippen LogP contribution in [0.4, 0.5) is 28.0 Å². The fourth-order valence-electron chi connectivity index (χ4n) is 3.95. The van der Waals surface area contributed by atoms with Gasteiger partial charge in [-0.05, 0) is 47.9 Å². The smallest absolute Gasteiger partial charge is 0.454 e. The minimum Gasteiger partial charge on any atom is -0.454 e. The zero-order valence-electron chi connectivity index (χ0n) is 20.4. The third kappa shape index (κ3) is 5.75. The van der Waals surface area contributed by atoms with Gasteiger partial charge >= 0.3 is 18.2 Å². The van der Waals surface area contributed by atoms with Gasteiger partial charge in [0.25, 0.3) is 0 Å². The van der Waals surface area contributed by atoms with Crippen molar-refractivity contribution in [3.05, 3.63) is 95.2 Å². The van der Waals surface area contributed by atoms with Crippen LogP contribution in [0.3, 0.4) is 0 Å². The second-order valence-corrected chi connectivity index (χ2v) is 8.51. The molecule has 0 unspecified atom stereocenters. The number of urea groups is 1. The number of nitrogens with one attached hydrogen (secondary N) is 1. The number of esters is 1. The van der Waals surface area contributed by atoms with E-state index in [1.807, 2.05) is 0 Å². The second kappa shape index (κ2) is 10.9. The highest BCUT2D eigenvalue weighted by Crippen LogP contribution is 2.29. The summed E-state index contributed by atoms with van der Waals surface area (Å²) in [6.45, 7) is -0.708. The SMILES string of the molecule is O=C(Nc1ccc(COC(=O)C(F)(F)F)c(C#Cc2cnc3cccnn23)c1)N1N=CC[C@@H]1c1cccc(F)c1. The maximum absolute atomic E-state index is 13.7. The number of anilines is 1. The van der Waals surface area contributed by atoms with Crippen LogP contribution in [-0.2, 0) is 16.1 Å². The first-order valence-electron chi connectivity index (χ1n) is 11.7. The summed E-state index contributed by atoms with van der Waals surface area (Å²) in [5.41, 5.74) is 2.09. The molecule has 1 aliphatic heterocycles. The van der Waals surface area contributed by atoms with Gasteiger partial charge in [0, 0.05) is 35.6 Å². The minimum absolute atomic E-state index is 0.168. The molecule has 3 heterocycles. The van der Waals surface area contributed by atoms with Crippen molar-refractivity contribution in [2.24, 2.45) is 5.10 Å². The van der Waals surface area contributed by atoms with E-state index in [1.165, 1.54) is 64.5 Å². The number of ether oxygens (including phenoxy) is 1. The van der Waals surface area contributed by atoms with Crippen LogP contribution in [0.5, 0.6) is 0 Å². The summed E-state index contributed by atoms with van der Waals surface area (Å²) in [6, 6.07) is 12.3. The topological polar surface area (TPSA) is 101 Å². The van der Waals surface area contributed by atoms with Gasteiger partial charge < -0.3 is 10.1 Å². The molecule has 1 N–H and O–H groups in total. The quantitative estimate of drug-likeness (QED) is 0.223. The summed E-state index contributed by atoms with van der Waals surface area (Å²) in [5, 5.41) is 12.1. The molecule has 0 radical (unpaired) electrons. The predicted molar refractivity (Wildman–Crippen MR) is 134 cm³/mol. The van der Waals surface area contributed by atoms with Gasteiger partial charge in [0.15, 0.2) is 5.65 Å². The molecule has 2 amide bonds. The average molecular weight is 550 g/mol. The van der Waals surface area contributed by atoms with Crippen LogP contribution in [0.15, 0.2) is 72.1 Å². The maximum Gasteiger partial charge on any atom is 0.490 e. The summed E-state index contributed by atoms with van der Waals surface area (Å²) in [5.74, 6) is 2.90. The molecule has 2 aromatic carbocycles. The van der Waals surface area contributed by atoms with E-state index in [2.05, 4.69) is 37.1 Å². The number of carbonyl (C=O) groups is 2. The summed E-state index contributed by atoms with van der Waals surface area (Å²) in [6.07, 6.45) is -0.229. The van der Waals surface area contributed by atoms with Gasteiger partial charge in [0.05, 0.1) is 12.2 Å². The van der Waals surface area contributed by atoms with Crippen LogP contribution in [-0.4, -0.2) is 44.0 Å². The molecule has 0 fully saturated rings. The highest BCUT2D eigenvalue weighted by molar-refractivity contribution is 5.91. The van der Waals surface area contributed by atoms with Gasteiger partial charge in [-0.1, -0.05) is 24.1 Å². The molecule has 0 aliphatic carbocycles. The lowest BCUT2D eigenvalue weighted by Gasteiger charge is -2.22. The van der Waals surface area contributed by atoms with Crippen molar-refractivity contribution in [3.8, 4) is 11.8 Å². The number of imidazole rings is 1. The molecular weight excluding hydrogens is 532 g/mol. The molecule has 0 saturated heterocycles. The van der Waals surface area contributed by atoms with Gasteiger partial charge in [-0.3, -0.25) is 0 Å². The van der Waals surface area contributed by atoms with Crippen LogP contribution in [0.1, 0.15) is 34.8 Å². The minimum atomic E-state index is -5.16. The third-order valence-corrected chi connectivity index (χ3v) is 5.83. The highest BCUT2D eigenvalue weighted by atomic mass is 19.4. The van der Waals surface area contributed by atoms with Crippen LogP contribution < -0.4 is 5.32 Å². The fraction of sp³-hybridized carbons (Fsp3) is 0.148. The lowest BCUT2D eigenvalue weighted by Crippen LogP contribution is -2.31. The van der Waals surface area contributed by atoms with Gasteiger partial charge in [-0.25, -0.2) is 28.5 Å². The number of hydrogen-bond acceptors (Lipinski definition) is 6. The van der Waals surface area contributed by atoms with Crippen molar-refractivity contribution < 1.29 is 31.9 Å². The lowest BCUT2D eigenvalue weighted by molar-refractivity contribution is -0.201. The first kappa shape index (κ1) is 26.4. The van der Waals surface area contributed by atoms with Gasteiger partial charge in [0.1, 0.15) is 18.1 Å². The Labute approximate surface area is 224 Å². The molecule has 1 aliphatic rings. The fourth-order valence-corrected chi connectivity index (χ4v) is 3.95. The molecule has 1 atom stereocenters. The van der Waals surface area contributed by atoms with Gasteiger partial charge in [0.2, 0.25) is 0 Å². The number of halogens is 4. The van der Waals surface area contributed by atoms with E-state index in [4.69, 9.17) is 0 Å². The molecule has 9 nitrogen and oxygen atoms in total. The van der Waals surface area contributed by atoms with E-state index in [9.17, 15) is 27.2 Å². The van der Waals surface area contributed by atoms with Crippen molar-refractivity contribution in [2.75, 3.05) is 5.32 Å². The van der Waals surface area contributed by atoms with E-state index in [1.54, 1.807) is 18.2 Å². The molecule has 0 saturated carbocycles. The number of rotatable bonds is 4. The maximum atomic E-state index is 13.7. The summed E-state index contributed by atoms with van der Waals surface area (Å²) < 4.78 is 57.6. The van der Waals surface area contributed by atoms with Crippen LogP contribution in [0.2, 0.25) is 0 Å². The van der Waals surface area contributed by atoms with E-state index in [-0.39, 0.29) is 16.8 Å². The Morgan fingerprint density at radius 1 is 1.10 bits per heavy atom. The van der Waals surface area contributed by atoms with Crippen LogP contribution >= 0.6 is 0 Å².